The number of anilines is 2. The van der Waals surface area contributed by atoms with Gasteiger partial charge in [-0.3, -0.25) is 4.79 Å². The van der Waals surface area contributed by atoms with Gasteiger partial charge in [-0.2, -0.15) is 0 Å². The molecule has 0 radical (unpaired) electrons. The van der Waals surface area contributed by atoms with Gasteiger partial charge in [0.2, 0.25) is 5.91 Å². The van der Waals surface area contributed by atoms with E-state index in [0.29, 0.717) is 15.2 Å². The summed E-state index contributed by atoms with van der Waals surface area (Å²) in [6.07, 6.45) is 0. The molecule has 2 N–H and O–H groups in total. The van der Waals surface area contributed by atoms with Gasteiger partial charge in [-0.1, -0.05) is 23.2 Å². The summed E-state index contributed by atoms with van der Waals surface area (Å²) in [6, 6.07) is 4.71. The van der Waals surface area contributed by atoms with Crippen molar-refractivity contribution in [2.45, 2.75) is 19.9 Å². The van der Waals surface area contributed by atoms with Crippen molar-refractivity contribution >= 4 is 51.3 Å². The number of aromatic nitrogens is 1. The monoisotopic (exact) mass is 329 g/mol. The first-order valence-electron chi connectivity index (χ1n) is 5.90. The zero-order chi connectivity index (χ0) is 14.7. The lowest BCUT2D eigenvalue weighted by Gasteiger charge is -2.14. The minimum Gasteiger partial charge on any atom is -0.374 e. The number of hydrogen-bond acceptors (Lipinski definition) is 4. The van der Waals surface area contributed by atoms with Crippen LogP contribution in [0.4, 0.5) is 10.8 Å². The standard InChI is InChI=1S/C13H13Cl2N3OS/c1-7-6-20-13(16-7)18-12(19)8(2)17-9-3-4-10(14)11(15)5-9/h3-6,8,17H,1-2H3,(H,16,18,19)/t8-/m0/s1. The topological polar surface area (TPSA) is 54.0 Å². The number of halogens is 2. The summed E-state index contributed by atoms with van der Waals surface area (Å²) in [5, 5.41) is 9.21. The largest absolute Gasteiger partial charge is 0.374 e. The molecule has 0 fully saturated rings. The molecule has 0 aliphatic heterocycles. The maximum atomic E-state index is 12.0. The number of hydrogen-bond donors (Lipinski definition) is 2. The van der Waals surface area contributed by atoms with Crippen molar-refractivity contribution < 1.29 is 4.79 Å². The van der Waals surface area contributed by atoms with E-state index in [-0.39, 0.29) is 5.91 Å². The van der Waals surface area contributed by atoms with E-state index in [0.717, 1.165) is 11.4 Å². The van der Waals surface area contributed by atoms with E-state index >= 15 is 0 Å². The highest BCUT2D eigenvalue weighted by Gasteiger charge is 2.14. The number of benzene rings is 1. The molecule has 1 atom stereocenters. The minimum atomic E-state index is -0.420. The lowest BCUT2D eigenvalue weighted by Crippen LogP contribution is -2.31. The van der Waals surface area contributed by atoms with Crippen LogP contribution in [0.1, 0.15) is 12.6 Å². The summed E-state index contributed by atoms with van der Waals surface area (Å²) in [5.41, 5.74) is 1.62. The number of nitrogens with zero attached hydrogens (tertiary/aromatic N) is 1. The SMILES string of the molecule is Cc1csc(NC(=O)[C@H](C)Nc2ccc(Cl)c(Cl)c2)n1. The van der Waals surface area contributed by atoms with Crippen LogP contribution >= 0.6 is 34.5 Å². The molecule has 0 aliphatic carbocycles. The summed E-state index contributed by atoms with van der Waals surface area (Å²) in [5.74, 6) is -0.162. The van der Waals surface area contributed by atoms with Gasteiger partial charge < -0.3 is 10.6 Å². The van der Waals surface area contributed by atoms with Gasteiger partial charge >= 0.3 is 0 Å². The zero-order valence-corrected chi connectivity index (χ0v) is 13.2. The van der Waals surface area contributed by atoms with E-state index in [4.69, 9.17) is 23.2 Å². The van der Waals surface area contributed by atoms with Crippen molar-refractivity contribution in [1.82, 2.24) is 4.98 Å². The molecule has 1 amide bonds. The van der Waals surface area contributed by atoms with Gasteiger partial charge in [0, 0.05) is 11.1 Å². The van der Waals surface area contributed by atoms with Gasteiger partial charge in [0.15, 0.2) is 5.13 Å². The Morgan fingerprint density at radius 3 is 2.70 bits per heavy atom. The van der Waals surface area contributed by atoms with Crippen LogP contribution in [0.25, 0.3) is 0 Å². The normalized spacial score (nSPS) is 12.0. The maximum Gasteiger partial charge on any atom is 0.248 e. The summed E-state index contributed by atoms with van der Waals surface area (Å²) in [7, 11) is 0. The first-order chi connectivity index (χ1) is 9.45. The number of nitrogens with one attached hydrogen (secondary N) is 2. The highest BCUT2D eigenvalue weighted by atomic mass is 35.5. The highest BCUT2D eigenvalue weighted by Crippen LogP contribution is 2.25. The van der Waals surface area contributed by atoms with Crippen LogP contribution in [0.2, 0.25) is 10.0 Å². The minimum absolute atomic E-state index is 0.162. The van der Waals surface area contributed by atoms with E-state index in [9.17, 15) is 4.79 Å². The van der Waals surface area contributed by atoms with Crippen LogP contribution in [0.3, 0.4) is 0 Å². The molecule has 2 rings (SSSR count). The number of carbonyl (C=O) groups is 1. The smallest absolute Gasteiger partial charge is 0.248 e. The van der Waals surface area contributed by atoms with Crippen LogP contribution < -0.4 is 10.6 Å². The Morgan fingerprint density at radius 2 is 2.10 bits per heavy atom. The second-order valence-corrected chi connectivity index (χ2v) is 5.95. The van der Waals surface area contributed by atoms with E-state index in [1.807, 2.05) is 12.3 Å². The van der Waals surface area contributed by atoms with Crippen LogP contribution in [0.15, 0.2) is 23.6 Å². The van der Waals surface area contributed by atoms with E-state index < -0.39 is 6.04 Å². The average molecular weight is 330 g/mol. The second-order valence-electron chi connectivity index (χ2n) is 4.28. The first-order valence-corrected chi connectivity index (χ1v) is 7.54. The van der Waals surface area contributed by atoms with E-state index in [1.165, 1.54) is 11.3 Å². The van der Waals surface area contributed by atoms with Gasteiger partial charge in [-0.15, -0.1) is 11.3 Å². The maximum absolute atomic E-state index is 12.0. The molecule has 2 aromatic rings. The Morgan fingerprint density at radius 1 is 1.35 bits per heavy atom. The van der Waals surface area contributed by atoms with Crippen LogP contribution in [-0.4, -0.2) is 16.9 Å². The fourth-order valence-corrected chi connectivity index (χ4v) is 2.52. The van der Waals surface area contributed by atoms with Crippen LogP contribution in [-0.2, 0) is 4.79 Å². The van der Waals surface area contributed by atoms with Crippen molar-refractivity contribution in [3.05, 3.63) is 39.3 Å². The molecule has 7 heteroatoms. The van der Waals surface area contributed by atoms with Crippen molar-refractivity contribution in [2.75, 3.05) is 10.6 Å². The molecule has 0 saturated carbocycles. The van der Waals surface area contributed by atoms with Gasteiger partial charge in [0.1, 0.15) is 6.04 Å². The Bertz CT molecular complexity index is 630. The molecule has 4 nitrogen and oxygen atoms in total. The summed E-state index contributed by atoms with van der Waals surface area (Å²) in [6.45, 7) is 3.64. The number of thiazole rings is 1. The van der Waals surface area contributed by atoms with Gasteiger partial charge in [-0.25, -0.2) is 4.98 Å². The number of carbonyl (C=O) groups excluding carboxylic acids is 1. The van der Waals surface area contributed by atoms with Crippen molar-refractivity contribution in [1.29, 1.82) is 0 Å². The third-order valence-corrected chi connectivity index (χ3v) is 4.16. The molecular weight excluding hydrogens is 317 g/mol. The number of rotatable bonds is 4. The summed E-state index contributed by atoms with van der Waals surface area (Å²) < 4.78 is 0. The molecule has 1 aromatic heterocycles. The Kier molecular flexibility index (Phi) is 4.86. The second kappa shape index (κ2) is 6.43. The lowest BCUT2D eigenvalue weighted by atomic mass is 10.2. The number of amides is 1. The fourth-order valence-electron chi connectivity index (χ4n) is 1.53. The fraction of sp³-hybridized carbons (Fsp3) is 0.231. The third-order valence-electron chi connectivity index (χ3n) is 2.55. The lowest BCUT2D eigenvalue weighted by molar-refractivity contribution is -0.116. The molecule has 0 unspecified atom stereocenters. The first kappa shape index (κ1) is 15.1. The highest BCUT2D eigenvalue weighted by molar-refractivity contribution is 7.13. The van der Waals surface area contributed by atoms with Crippen molar-refractivity contribution in [3.63, 3.8) is 0 Å². The Balaban J connectivity index is 1.98. The molecular formula is C13H13Cl2N3OS. The molecule has 0 spiro atoms. The van der Waals surface area contributed by atoms with Crippen LogP contribution in [0, 0.1) is 6.92 Å². The van der Waals surface area contributed by atoms with Gasteiger partial charge in [0.05, 0.1) is 15.7 Å². The number of aryl methyl sites for hydroxylation is 1. The molecule has 1 heterocycles. The Labute approximate surface area is 131 Å². The zero-order valence-electron chi connectivity index (χ0n) is 10.9. The van der Waals surface area contributed by atoms with Crippen molar-refractivity contribution in [3.8, 4) is 0 Å². The predicted octanol–water partition coefficient (Wildman–Crippen LogP) is 4.20. The molecule has 0 aliphatic rings. The summed E-state index contributed by atoms with van der Waals surface area (Å²) >= 11 is 13.2. The molecule has 1 aromatic carbocycles. The summed E-state index contributed by atoms with van der Waals surface area (Å²) in [4.78, 5) is 16.2. The van der Waals surface area contributed by atoms with E-state index in [2.05, 4.69) is 15.6 Å². The molecule has 0 saturated heterocycles. The predicted molar refractivity (Wildman–Crippen MR) is 85.0 cm³/mol. The van der Waals surface area contributed by atoms with Gasteiger partial charge in [0.25, 0.3) is 0 Å². The third kappa shape index (κ3) is 3.85. The van der Waals surface area contributed by atoms with Crippen molar-refractivity contribution in [2.24, 2.45) is 0 Å². The van der Waals surface area contributed by atoms with Crippen LogP contribution in [0.5, 0.6) is 0 Å². The quantitative estimate of drug-likeness (QED) is 0.883. The van der Waals surface area contributed by atoms with Gasteiger partial charge in [-0.05, 0) is 32.0 Å². The molecule has 20 heavy (non-hydrogen) atoms. The Hall–Kier alpha value is -1.30. The molecule has 0 bridgehead atoms. The van der Waals surface area contributed by atoms with E-state index in [1.54, 1.807) is 25.1 Å². The average Bonchev–Trinajstić information content (AvgIpc) is 2.79. The molecule has 106 valence electrons.